The summed E-state index contributed by atoms with van der Waals surface area (Å²) < 4.78 is 0. The van der Waals surface area contributed by atoms with Crippen molar-refractivity contribution < 1.29 is 14.7 Å². The van der Waals surface area contributed by atoms with Gasteiger partial charge in [-0.25, -0.2) is 0 Å². The van der Waals surface area contributed by atoms with Crippen molar-refractivity contribution in [3.63, 3.8) is 0 Å². The first kappa shape index (κ1) is 22.4. The molecule has 2 atom stereocenters. The van der Waals surface area contributed by atoms with Crippen LogP contribution in [0.15, 0.2) is 48.5 Å². The number of amides is 1. The molecule has 2 aromatic rings. The van der Waals surface area contributed by atoms with Crippen molar-refractivity contribution >= 4 is 40.8 Å². The number of benzene rings is 2. The normalized spacial score (nSPS) is 19.2. The second-order valence-corrected chi connectivity index (χ2v) is 8.98. The number of carbonyl (C=O) groups is 2. The summed E-state index contributed by atoms with van der Waals surface area (Å²) in [4.78, 5) is 27.8. The number of nitrogens with zero attached hydrogens (tertiary/aromatic N) is 2. The van der Waals surface area contributed by atoms with Gasteiger partial charge in [0.1, 0.15) is 6.42 Å². The van der Waals surface area contributed by atoms with Crippen LogP contribution in [0, 0.1) is 5.92 Å². The summed E-state index contributed by atoms with van der Waals surface area (Å²) >= 11 is 12.2. The first-order valence-corrected chi connectivity index (χ1v) is 10.8. The average Bonchev–Trinajstić information content (AvgIpc) is 2.68. The molecule has 160 valence electrons. The molecule has 0 bridgehead atoms. The Hall–Kier alpha value is -2.24. The summed E-state index contributed by atoms with van der Waals surface area (Å²) in [6, 6.07) is 15.2. The Bertz CT molecular complexity index is 884. The summed E-state index contributed by atoms with van der Waals surface area (Å²) in [7, 11) is 0. The molecule has 0 saturated carbocycles. The van der Waals surface area contributed by atoms with Crippen molar-refractivity contribution in [2.24, 2.45) is 5.92 Å². The number of hydrogen-bond donors (Lipinski definition) is 1. The number of rotatable bonds is 6. The van der Waals surface area contributed by atoms with Crippen molar-refractivity contribution in [2.45, 2.75) is 38.8 Å². The second kappa shape index (κ2) is 9.71. The van der Waals surface area contributed by atoms with Gasteiger partial charge < -0.3 is 14.9 Å². The molecule has 30 heavy (non-hydrogen) atoms. The maximum Gasteiger partial charge on any atom is 0.312 e. The van der Waals surface area contributed by atoms with E-state index in [9.17, 15) is 9.59 Å². The van der Waals surface area contributed by atoms with Crippen LogP contribution < -0.4 is 4.90 Å². The van der Waals surface area contributed by atoms with Gasteiger partial charge in [-0.05, 0) is 54.3 Å². The lowest BCUT2D eigenvalue weighted by Crippen LogP contribution is -2.57. The molecule has 1 aliphatic rings. The maximum absolute atomic E-state index is 12.6. The highest BCUT2D eigenvalue weighted by Crippen LogP contribution is 2.37. The smallest absolute Gasteiger partial charge is 0.312 e. The molecule has 3 rings (SSSR count). The molecule has 1 amide bonds. The van der Waals surface area contributed by atoms with Gasteiger partial charge in [0.25, 0.3) is 0 Å². The van der Waals surface area contributed by atoms with E-state index in [4.69, 9.17) is 28.3 Å². The fourth-order valence-corrected chi connectivity index (χ4v) is 4.35. The van der Waals surface area contributed by atoms with E-state index in [-0.39, 0.29) is 18.0 Å². The third kappa shape index (κ3) is 5.46. The Morgan fingerprint density at radius 1 is 1.00 bits per heavy atom. The number of carboxylic acids is 1. The van der Waals surface area contributed by atoms with Crippen LogP contribution in [0.2, 0.25) is 10.0 Å². The van der Waals surface area contributed by atoms with E-state index in [1.165, 1.54) is 0 Å². The molecule has 1 N–H and O–H groups in total. The SMILES string of the molecule is CC(C)C[C@H]1CN(C(=O)CC(=O)O)CC(c2ccc(Cl)cc2)N1c1ccc(Cl)cc1. The number of halogens is 2. The molecular formula is C23H26Cl2N2O3. The van der Waals surface area contributed by atoms with Gasteiger partial charge >= 0.3 is 5.97 Å². The Labute approximate surface area is 187 Å². The summed E-state index contributed by atoms with van der Waals surface area (Å²) in [5, 5.41) is 10.4. The number of anilines is 1. The van der Waals surface area contributed by atoms with Crippen LogP contribution in [0.1, 0.15) is 38.3 Å². The molecule has 0 aromatic heterocycles. The molecule has 0 aliphatic carbocycles. The maximum atomic E-state index is 12.6. The van der Waals surface area contributed by atoms with Crippen LogP contribution in [-0.4, -0.2) is 41.0 Å². The van der Waals surface area contributed by atoms with E-state index >= 15 is 0 Å². The highest BCUT2D eigenvalue weighted by atomic mass is 35.5. The van der Waals surface area contributed by atoms with Crippen molar-refractivity contribution in [1.82, 2.24) is 4.90 Å². The lowest BCUT2D eigenvalue weighted by molar-refractivity contribution is -0.144. The Morgan fingerprint density at radius 2 is 1.57 bits per heavy atom. The van der Waals surface area contributed by atoms with Gasteiger partial charge in [-0.2, -0.15) is 0 Å². The molecule has 0 radical (unpaired) electrons. The first-order chi connectivity index (χ1) is 14.2. The lowest BCUT2D eigenvalue weighted by Gasteiger charge is -2.49. The van der Waals surface area contributed by atoms with Crippen LogP contribution in [0.5, 0.6) is 0 Å². The zero-order valence-electron chi connectivity index (χ0n) is 17.1. The monoisotopic (exact) mass is 448 g/mol. The summed E-state index contributed by atoms with van der Waals surface area (Å²) in [6.45, 7) is 5.19. The average molecular weight is 449 g/mol. The topological polar surface area (TPSA) is 60.9 Å². The molecule has 7 heteroatoms. The van der Waals surface area contributed by atoms with Gasteiger partial charge in [-0.3, -0.25) is 9.59 Å². The van der Waals surface area contributed by atoms with Crippen molar-refractivity contribution in [2.75, 3.05) is 18.0 Å². The van der Waals surface area contributed by atoms with Crippen LogP contribution in [0.25, 0.3) is 0 Å². The van der Waals surface area contributed by atoms with Crippen LogP contribution in [0.4, 0.5) is 5.69 Å². The summed E-state index contributed by atoms with van der Waals surface area (Å²) in [5.74, 6) is -1.06. The van der Waals surface area contributed by atoms with Crippen LogP contribution in [-0.2, 0) is 9.59 Å². The van der Waals surface area contributed by atoms with Gasteiger partial charge in [-0.15, -0.1) is 0 Å². The standard InChI is InChI=1S/C23H26Cl2N2O3/c1-15(2)11-20-13-26(22(28)12-23(29)30)14-21(16-3-5-17(24)6-4-16)27(20)19-9-7-18(25)8-10-19/h3-10,15,20-21H,11-14H2,1-2H3,(H,29,30)/t20-,21?/m0/s1. The zero-order chi connectivity index (χ0) is 21.8. The minimum atomic E-state index is -1.11. The first-order valence-electron chi connectivity index (χ1n) is 10.0. The van der Waals surface area contributed by atoms with Crippen molar-refractivity contribution in [3.05, 3.63) is 64.1 Å². The number of carboxylic acid groups (broad SMARTS) is 1. The molecule has 1 heterocycles. The Kier molecular flexibility index (Phi) is 7.27. The third-order valence-corrected chi connectivity index (χ3v) is 5.84. The van der Waals surface area contributed by atoms with Gasteiger partial charge in [0.2, 0.25) is 5.91 Å². The molecular weight excluding hydrogens is 423 g/mol. The molecule has 2 aromatic carbocycles. The van der Waals surface area contributed by atoms with E-state index in [1.807, 2.05) is 48.5 Å². The minimum Gasteiger partial charge on any atom is -0.481 e. The van der Waals surface area contributed by atoms with Gasteiger partial charge in [0, 0.05) is 34.9 Å². The molecule has 1 unspecified atom stereocenters. The van der Waals surface area contributed by atoms with E-state index in [1.54, 1.807) is 4.90 Å². The highest BCUT2D eigenvalue weighted by molar-refractivity contribution is 6.30. The van der Waals surface area contributed by atoms with Gasteiger partial charge in [0.05, 0.1) is 6.04 Å². The Balaban J connectivity index is 2.03. The summed E-state index contributed by atoms with van der Waals surface area (Å²) in [6.07, 6.45) is 0.367. The van der Waals surface area contributed by atoms with Crippen molar-refractivity contribution in [1.29, 1.82) is 0 Å². The number of hydrogen-bond acceptors (Lipinski definition) is 3. The predicted octanol–water partition coefficient (Wildman–Crippen LogP) is 5.27. The fourth-order valence-electron chi connectivity index (χ4n) is 4.10. The van der Waals surface area contributed by atoms with Crippen LogP contribution in [0.3, 0.4) is 0 Å². The molecule has 1 aliphatic heterocycles. The lowest BCUT2D eigenvalue weighted by atomic mass is 9.92. The van der Waals surface area contributed by atoms with E-state index < -0.39 is 12.4 Å². The largest absolute Gasteiger partial charge is 0.481 e. The minimum absolute atomic E-state index is 0.0401. The van der Waals surface area contributed by atoms with E-state index in [2.05, 4.69) is 18.7 Å². The second-order valence-electron chi connectivity index (χ2n) is 8.10. The third-order valence-electron chi connectivity index (χ3n) is 5.33. The number of carbonyl (C=O) groups excluding carboxylic acids is 1. The fraction of sp³-hybridized carbons (Fsp3) is 0.391. The van der Waals surface area contributed by atoms with Gasteiger partial charge in [-0.1, -0.05) is 49.2 Å². The molecule has 1 saturated heterocycles. The zero-order valence-corrected chi connectivity index (χ0v) is 18.6. The predicted molar refractivity (Wildman–Crippen MR) is 120 cm³/mol. The molecule has 0 spiro atoms. The molecule has 5 nitrogen and oxygen atoms in total. The number of piperazine rings is 1. The quantitative estimate of drug-likeness (QED) is 0.611. The van der Waals surface area contributed by atoms with Crippen molar-refractivity contribution in [3.8, 4) is 0 Å². The van der Waals surface area contributed by atoms with Crippen LogP contribution >= 0.6 is 23.2 Å². The van der Waals surface area contributed by atoms with Gasteiger partial charge in [0.15, 0.2) is 0 Å². The highest BCUT2D eigenvalue weighted by Gasteiger charge is 2.37. The van der Waals surface area contributed by atoms with E-state index in [0.29, 0.717) is 29.1 Å². The summed E-state index contributed by atoms with van der Waals surface area (Å²) in [5.41, 5.74) is 2.05. The van der Waals surface area contributed by atoms with E-state index in [0.717, 1.165) is 17.7 Å². The molecule has 1 fully saturated rings. The Morgan fingerprint density at radius 3 is 2.10 bits per heavy atom. The number of aliphatic carboxylic acids is 1.